The van der Waals surface area contributed by atoms with Crippen LogP contribution in [-0.2, 0) is 33.5 Å². The first kappa shape index (κ1) is 28.4. The van der Waals surface area contributed by atoms with Gasteiger partial charge in [0.15, 0.2) is 5.82 Å². The van der Waals surface area contributed by atoms with Crippen LogP contribution in [0, 0.1) is 5.92 Å². The molecule has 216 valence electrons. The maximum Gasteiger partial charge on any atom is 0.233 e. The van der Waals surface area contributed by atoms with Gasteiger partial charge in [0.1, 0.15) is 5.82 Å². The summed E-state index contributed by atoms with van der Waals surface area (Å²) in [6.45, 7) is 1.39. The molecule has 1 atom stereocenters. The number of aryl methyl sites for hydroxylation is 2. The number of carbonyl (C=O) groups is 1. The number of amides is 1. The molecular formula is C29H35N7O4S. The Bertz CT molecular complexity index is 1620. The average molecular weight is 578 g/mol. The Morgan fingerprint density at radius 1 is 0.976 bits per heavy atom. The minimum absolute atomic E-state index is 0.146. The van der Waals surface area contributed by atoms with Crippen molar-refractivity contribution in [2.24, 2.45) is 20.0 Å². The molecule has 6 rings (SSSR count). The molecule has 2 aliphatic heterocycles. The van der Waals surface area contributed by atoms with E-state index in [1.807, 2.05) is 31.1 Å². The second-order valence-electron chi connectivity index (χ2n) is 10.4. The van der Waals surface area contributed by atoms with Gasteiger partial charge in [-0.2, -0.15) is 10.2 Å². The Morgan fingerprint density at radius 2 is 1.66 bits per heavy atom. The van der Waals surface area contributed by atoms with E-state index in [1.54, 1.807) is 71.3 Å². The van der Waals surface area contributed by atoms with Crippen LogP contribution in [0.15, 0.2) is 76.8 Å². The molecule has 1 amide bonds. The van der Waals surface area contributed by atoms with Crippen molar-refractivity contribution in [3.05, 3.63) is 72.6 Å². The van der Waals surface area contributed by atoms with E-state index in [-0.39, 0.29) is 10.8 Å². The Hall–Kier alpha value is -4.16. The number of nitrogens with two attached hydrogens (primary N) is 1. The van der Waals surface area contributed by atoms with Crippen LogP contribution in [-0.4, -0.2) is 54.1 Å². The lowest BCUT2D eigenvalue weighted by Gasteiger charge is -2.31. The lowest BCUT2D eigenvalue weighted by atomic mass is 9.84. The quantitative estimate of drug-likeness (QED) is 0.365. The van der Waals surface area contributed by atoms with Gasteiger partial charge in [-0.15, -0.1) is 0 Å². The van der Waals surface area contributed by atoms with Gasteiger partial charge in [0.05, 0.1) is 27.1 Å². The highest BCUT2D eigenvalue weighted by atomic mass is 32.2. The summed E-state index contributed by atoms with van der Waals surface area (Å²) in [5.74, 6) is 0.834. The van der Waals surface area contributed by atoms with Crippen molar-refractivity contribution in [1.29, 1.82) is 0 Å². The summed E-state index contributed by atoms with van der Waals surface area (Å²) in [5.41, 5.74) is 7.25. The zero-order chi connectivity index (χ0) is 29.1. The summed E-state index contributed by atoms with van der Waals surface area (Å²) in [6.07, 6.45) is 6.04. The van der Waals surface area contributed by atoms with Crippen molar-refractivity contribution in [3.63, 3.8) is 0 Å². The summed E-state index contributed by atoms with van der Waals surface area (Å²) in [6, 6.07) is 15.8. The first-order chi connectivity index (χ1) is 19.6. The van der Waals surface area contributed by atoms with Crippen LogP contribution in [0.3, 0.4) is 0 Å². The van der Waals surface area contributed by atoms with Crippen molar-refractivity contribution < 1.29 is 17.9 Å². The van der Waals surface area contributed by atoms with Crippen LogP contribution >= 0.6 is 0 Å². The topological polar surface area (TPSA) is 137 Å². The molecule has 4 heterocycles. The minimum atomic E-state index is -3.64. The predicted octanol–water partition coefficient (Wildman–Crippen LogP) is 3.88. The molecule has 1 unspecified atom stereocenters. The lowest BCUT2D eigenvalue weighted by Crippen LogP contribution is -2.27. The van der Waals surface area contributed by atoms with Crippen LogP contribution in [0.4, 0.5) is 23.0 Å². The van der Waals surface area contributed by atoms with Crippen molar-refractivity contribution in [2.75, 3.05) is 36.2 Å². The van der Waals surface area contributed by atoms with Crippen LogP contribution in [0.1, 0.15) is 30.7 Å². The smallest absolute Gasteiger partial charge is 0.233 e. The van der Waals surface area contributed by atoms with Gasteiger partial charge in [0, 0.05) is 52.8 Å². The molecule has 1 saturated heterocycles. The highest BCUT2D eigenvalue weighted by Gasteiger charge is 2.34. The van der Waals surface area contributed by atoms with Crippen molar-refractivity contribution in [3.8, 4) is 0 Å². The number of rotatable bonds is 5. The molecular weight excluding hydrogens is 542 g/mol. The van der Waals surface area contributed by atoms with E-state index in [0.29, 0.717) is 53.5 Å². The molecule has 12 heteroatoms. The van der Waals surface area contributed by atoms with Crippen LogP contribution in [0.2, 0.25) is 0 Å². The average Bonchev–Trinajstić information content (AvgIpc) is 3.56. The Kier molecular flexibility index (Phi) is 8.13. The van der Waals surface area contributed by atoms with E-state index in [9.17, 15) is 13.2 Å². The molecule has 1 fully saturated rings. The summed E-state index contributed by atoms with van der Waals surface area (Å²) in [5, 5.41) is 11.0. The zero-order valence-electron chi connectivity index (χ0n) is 23.4. The third-order valence-corrected chi connectivity index (χ3v) is 9.33. The van der Waals surface area contributed by atoms with Crippen molar-refractivity contribution in [1.82, 2.24) is 19.6 Å². The fourth-order valence-corrected chi connectivity index (χ4v) is 6.98. The number of sulfone groups is 1. The van der Waals surface area contributed by atoms with Gasteiger partial charge in [0.25, 0.3) is 0 Å². The van der Waals surface area contributed by atoms with E-state index in [4.69, 9.17) is 10.5 Å². The van der Waals surface area contributed by atoms with Gasteiger partial charge >= 0.3 is 0 Å². The van der Waals surface area contributed by atoms with E-state index >= 15 is 0 Å². The molecule has 4 aromatic rings. The maximum atomic E-state index is 13.4. The monoisotopic (exact) mass is 577 g/mol. The molecule has 2 aromatic carbocycles. The highest BCUT2D eigenvalue weighted by Crippen LogP contribution is 2.44. The lowest BCUT2D eigenvalue weighted by molar-refractivity contribution is -0.118. The number of nitrogens with one attached hydrogen (secondary N) is 1. The van der Waals surface area contributed by atoms with E-state index < -0.39 is 15.8 Å². The first-order valence-electron chi connectivity index (χ1n) is 13.5. The van der Waals surface area contributed by atoms with Crippen LogP contribution in [0.5, 0.6) is 0 Å². The molecule has 0 radical (unpaired) electrons. The number of ether oxygens (including phenoxy) is 1. The summed E-state index contributed by atoms with van der Waals surface area (Å²) < 4.78 is 35.4. The SMILES string of the molecule is CN1c2ccccc2S(=O)(=O)c2ccc(C(CC3CCOCC3)C(=O)Nc3ccn(C)n3)cc21.Cn1ccc(N)n1. The Labute approximate surface area is 239 Å². The Morgan fingerprint density at radius 3 is 2.29 bits per heavy atom. The molecule has 0 bridgehead atoms. The minimum Gasteiger partial charge on any atom is -0.382 e. The molecule has 3 N–H and O–H groups in total. The second kappa shape index (κ2) is 11.8. The number of carbonyl (C=O) groups excluding carboxylic acids is 1. The highest BCUT2D eigenvalue weighted by molar-refractivity contribution is 7.92. The fraction of sp³-hybridized carbons (Fsp3) is 0.345. The van der Waals surface area contributed by atoms with Crippen LogP contribution < -0.4 is 16.0 Å². The Balaban J connectivity index is 0.000000423. The summed E-state index contributed by atoms with van der Waals surface area (Å²) in [7, 11) is 1.85. The number of benzene rings is 2. The van der Waals surface area contributed by atoms with Gasteiger partial charge in [0.2, 0.25) is 15.7 Å². The number of nitrogens with zero attached hydrogens (tertiary/aromatic N) is 5. The number of hydrogen-bond acceptors (Lipinski definition) is 8. The number of para-hydroxylation sites is 1. The molecule has 2 aliphatic rings. The third-order valence-electron chi connectivity index (χ3n) is 7.48. The standard InChI is InChI=1S/C25H28N4O4S.C4H7N3/c1-28-12-9-24(27-28)26-25(30)19(15-17-10-13-33-14-11-17)18-7-8-23-21(16-18)29(2)20-5-3-4-6-22(20)34(23,31)32;1-7-3-2-4(5)6-7/h3-9,12,16-17,19H,10-11,13-15H2,1-2H3,(H,26,27,30);2-3H,1H3,(H2,5,6). The van der Waals surface area contributed by atoms with E-state index in [1.165, 1.54) is 0 Å². The van der Waals surface area contributed by atoms with Gasteiger partial charge in [-0.3, -0.25) is 14.2 Å². The van der Waals surface area contributed by atoms with Gasteiger partial charge < -0.3 is 20.7 Å². The normalized spacial score (nSPS) is 16.6. The zero-order valence-corrected chi connectivity index (χ0v) is 24.2. The first-order valence-corrected chi connectivity index (χ1v) is 15.0. The maximum absolute atomic E-state index is 13.4. The summed E-state index contributed by atoms with van der Waals surface area (Å²) in [4.78, 5) is 15.9. The number of fused-ring (bicyclic) bond motifs is 2. The van der Waals surface area contributed by atoms with E-state index in [2.05, 4.69) is 15.5 Å². The molecule has 41 heavy (non-hydrogen) atoms. The van der Waals surface area contributed by atoms with Gasteiger partial charge in [-0.25, -0.2) is 8.42 Å². The predicted molar refractivity (Wildman–Crippen MR) is 157 cm³/mol. The number of nitrogen functional groups attached to an aromatic ring is 1. The molecule has 2 aromatic heterocycles. The third kappa shape index (κ3) is 6.13. The summed E-state index contributed by atoms with van der Waals surface area (Å²) >= 11 is 0. The van der Waals surface area contributed by atoms with Crippen LogP contribution in [0.25, 0.3) is 0 Å². The van der Waals surface area contributed by atoms with Gasteiger partial charge in [-0.1, -0.05) is 18.2 Å². The molecule has 0 saturated carbocycles. The largest absolute Gasteiger partial charge is 0.382 e. The number of aromatic nitrogens is 4. The second-order valence-corrected chi connectivity index (χ2v) is 12.3. The van der Waals surface area contributed by atoms with Gasteiger partial charge in [-0.05, 0) is 61.1 Å². The number of hydrogen-bond donors (Lipinski definition) is 2. The van der Waals surface area contributed by atoms with Crippen molar-refractivity contribution in [2.45, 2.75) is 35.0 Å². The van der Waals surface area contributed by atoms with E-state index in [0.717, 1.165) is 18.4 Å². The fourth-order valence-electron chi connectivity index (χ4n) is 5.29. The number of anilines is 4. The molecule has 0 spiro atoms. The van der Waals surface area contributed by atoms with Crippen molar-refractivity contribution >= 4 is 38.8 Å². The molecule has 11 nitrogen and oxygen atoms in total. The molecule has 0 aliphatic carbocycles.